The molecule has 0 aromatic heterocycles. The van der Waals surface area contributed by atoms with Crippen molar-refractivity contribution in [3.63, 3.8) is 0 Å². The Morgan fingerprint density at radius 3 is 2.30 bits per heavy atom. The number of halogens is 1. The molecular formula is C17H20BrNS. The Morgan fingerprint density at radius 2 is 1.70 bits per heavy atom. The molecule has 0 heterocycles. The van der Waals surface area contributed by atoms with Crippen molar-refractivity contribution in [2.24, 2.45) is 0 Å². The molecule has 2 aromatic rings. The molecule has 1 nitrogen and oxygen atoms in total. The molecule has 1 unspecified atom stereocenters. The fraction of sp³-hybridized carbons (Fsp3) is 0.294. The third kappa shape index (κ3) is 4.65. The minimum atomic E-state index is 0.397. The summed E-state index contributed by atoms with van der Waals surface area (Å²) in [6.07, 6.45) is 0. The zero-order valence-corrected chi connectivity index (χ0v) is 14.3. The lowest BCUT2D eigenvalue weighted by Crippen LogP contribution is -2.22. The predicted molar refractivity (Wildman–Crippen MR) is 92.5 cm³/mol. The lowest BCUT2D eigenvalue weighted by molar-refractivity contribution is 0.606. The fourth-order valence-corrected chi connectivity index (χ4v) is 3.29. The van der Waals surface area contributed by atoms with Gasteiger partial charge in [0.05, 0.1) is 0 Å². The fourth-order valence-electron chi connectivity index (χ4n) is 2.03. The largest absolute Gasteiger partial charge is 0.309 e. The molecule has 20 heavy (non-hydrogen) atoms. The van der Waals surface area contributed by atoms with Crippen LogP contribution in [0.5, 0.6) is 0 Å². The van der Waals surface area contributed by atoms with Gasteiger partial charge >= 0.3 is 0 Å². The van der Waals surface area contributed by atoms with Gasteiger partial charge < -0.3 is 5.32 Å². The van der Waals surface area contributed by atoms with Crippen molar-refractivity contribution in [1.29, 1.82) is 0 Å². The summed E-state index contributed by atoms with van der Waals surface area (Å²) in [4.78, 5) is 1.31. The Bertz CT molecular complexity index is 522. The van der Waals surface area contributed by atoms with Crippen LogP contribution in [0, 0.1) is 6.92 Å². The second-order valence-electron chi connectivity index (χ2n) is 4.79. The standard InChI is InChI=1S/C17H20BrNS/c1-3-19-17(14-6-4-13(2)5-7-14)12-20-16-10-8-15(18)9-11-16/h4-11,17,19H,3,12H2,1-2H3. The Morgan fingerprint density at radius 1 is 1.05 bits per heavy atom. The van der Waals surface area contributed by atoms with E-state index < -0.39 is 0 Å². The second kappa shape index (κ2) is 7.87. The third-order valence-electron chi connectivity index (χ3n) is 3.16. The molecule has 2 aromatic carbocycles. The highest BCUT2D eigenvalue weighted by Crippen LogP contribution is 2.26. The van der Waals surface area contributed by atoms with E-state index in [1.807, 2.05) is 11.8 Å². The molecule has 0 amide bonds. The number of rotatable bonds is 6. The first kappa shape index (κ1) is 15.6. The highest BCUT2D eigenvalue weighted by atomic mass is 79.9. The summed E-state index contributed by atoms with van der Waals surface area (Å²) in [5.74, 6) is 1.04. The van der Waals surface area contributed by atoms with Crippen molar-refractivity contribution in [3.8, 4) is 0 Å². The minimum Gasteiger partial charge on any atom is -0.309 e. The van der Waals surface area contributed by atoms with Gasteiger partial charge in [0, 0.05) is 21.2 Å². The van der Waals surface area contributed by atoms with Crippen LogP contribution >= 0.6 is 27.7 Å². The number of hydrogen-bond donors (Lipinski definition) is 1. The average Bonchev–Trinajstić information content (AvgIpc) is 2.46. The average molecular weight is 350 g/mol. The summed E-state index contributed by atoms with van der Waals surface area (Å²) in [6.45, 7) is 5.27. The van der Waals surface area contributed by atoms with Crippen LogP contribution in [0.3, 0.4) is 0 Å². The summed E-state index contributed by atoms with van der Waals surface area (Å²) < 4.78 is 1.13. The molecule has 0 spiro atoms. The molecule has 0 aliphatic rings. The maximum Gasteiger partial charge on any atom is 0.0415 e. The normalized spacial score (nSPS) is 12.3. The van der Waals surface area contributed by atoms with Gasteiger partial charge in [-0.05, 0) is 43.3 Å². The highest BCUT2D eigenvalue weighted by molar-refractivity contribution is 9.10. The molecule has 0 saturated carbocycles. The molecule has 2 rings (SSSR count). The van der Waals surface area contributed by atoms with Crippen LogP contribution in [0.25, 0.3) is 0 Å². The molecule has 0 bridgehead atoms. The van der Waals surface area contributed by atoms with Crippen LogP contribution < -0.4 is 5.32 Å². The molecule has 0 fully saturated rings. The Hall–Kier alpha value is -0.770. The van der Waals surface area contributed by atoms with Gasteiger partial charge in [0.25, 0.3) is 0 Å². The first-order valence-corrected chi connectivity index (χ1v) is 8.65. The van der Waals surface area contributed by atoms with E-state index in [2.05, 4.69) is 83.6 Å². The second-order valence-corrected chi connectivity index (χ2v) is 6.79. The number of aryl methyl sites for hydroxylation is 1. The number of benzene rings is 2. The number of thioether (sulfide) groups is 1. The van der Waals surface area contributed by atoms with Crippen LogP contribution in [0.2, 0.25) is 0 Å². The summed E-state index contributed by atoms with van der Waals surface area (Å²) in [7, 11) is 0. The lowest BCUT2D eigenvalue weighted by Gasteiger charge is -2.18. The molecular weight excluding hydrogens is 330 g/mol. The predicted octanol–water partition coefficient (Wildman–Crippen LogP) is 5.20. The molecule has 106 valence electrons. The molecule has 1 N–H and O–H groups in total. The van der Waals surface area contributed by atoms with E-state index in [9.17, 15) is 0 Å². The van der Waals surface area contributed by atoms with Gasteiger partial charge in [0.15, 0.2) is 0 Å². The Balaban J connectivity index is 2.02. The van der Waals surface area contributed by atoms with Gasteiger partial charge in [-0.1, -0.05) is 52.7 Å². The van der Waals surface area contributed by atoms with Crippen LogP contribution in [-0.2, 0) is 0 Å². The van der Waals surface area contributed by atoms with Crippen molar-refractivity contribution < 1.29 is 0 Å². The van der Waals surface area contributed by atoms with Gasteiger partial charge in [-0.2, -0.15) is 0 Å². The van der Waals surface area contributed by atoms with Gasteiger partial charge in [0.2, 0.25) is 0 Å². The quantitative estimate of drug-likeness (QED) is 0.719. The summed E-state index contributed by atoms with van der Waals surface area (Å²) in [6, 6.07) is 17.7. The maximum atomic E-state index is 3.57. The van der Waals surface area contributed by atoms with E-state index >= 15 is 0 Å². The van der Waals surface area contributed by atoms with Crippen molar-refractivity contribution in [1.82, 2.24) is 5.32 Å². The minimum absolute atomic E-state index is 0.397. The van der Waals surface area contributed by atoms with Crippen LogP contribution in [0.4, 0.5) is 0 Å². The molecule has 0 aliphatic heterocycles. The van der Waals surface area contributed by atoms with Crippen LogP contribution in [0.1, 0.15) is 24.1 Å². The summed E-state index contributed by atoms with van der Waals surface area (Å²) in [5.41, 5.74) is 2.67. The van der Waals surface area contributed by atoms with Crippen molar-refractivity contribution in [3.05, 3.63) is 64.1 Å². The van der Waals surface area contributed by atoms with Crippen LogP contribution in [0.15, 0.2) is 57.9 Å². The highest BCUT2D eigenvalue weighted by Gasteiger charge is 2.10. The van der Waals surface area contributed by atoms with Crippen LogP contribution in [-0.4, -0.2) is 12.3 Å². The zero-order valence-electron chi connectivity index (χ0n) is 11.9. The molecule has 0 radical (unpaired) electrons. The molecule has 1 atom stereocenters. The first-order valence-electron chi connectivity index (χ1n) is 6.87. The van der Waals surface area contributed by atoms with Gasteiger partial charge in [-0.15, -0.1) is 11.8 Å². The number of hydrogen-bond acceptors (Lipinski definition) is 2. The number of nitrogens with one attached hydrogen (secondary N) is 1. The molecule has 0 aliphatic carbocycles. The maximum absolute atomic E-state index is 3.57. The SMILES string of the molecule is CCNC(CSc1ccc(Br)cc1)c1ccc(C)cc1. The Labute approximate surface area is 134 Å². The van der Waals surface area contributed by atoms with Crippen molar-refractivity contribution in [2.45, 2.75) is 24.8 Å². The molecule has 0 saturated heterocycles. The van der Waals surface area contributed by atoms with Gasteiger partial charge in [-0.3, -0.25) is 0 Å². The van der Waals surface area contributed by atoms with Crippen molar-refractivity contribution >= 4 is 27.7 Å². The molecule has 3 heteroatoms. The Kier molecular flexibility index (Phi) is 6.14. The van der Waals surface area contributed by atoms with E-state index in [1.165, 1.54) is 16.0 Å². The van der Waals surface area contributed by atoms with E-state index in [0.29, 0.717) is 6.04 Å². The topological polar surface area (TPSA) is 12.0 Å². The van der Waals surface area contributed by atoms with E-state index in [0.717, 1.165) is 16.8 Å². The summed E-state index contributed by atoms with van der Waals surface area (Å²) >= 11 is 5.37. The van der Waals surface area contributed by atoms with Crippen molar-refractivity contribution in [2.75, 3.05) is 12.3 Å². The van der Waals surface area contributed by atoms with E-state index in [4.69, 9.17) is 0 Å². The first-order chi connectivity index (χ1) is 9.69. The zero-order chi connectivity index (χ0) is 14.4. The summed E-state index contributed by atoms with van der Waals surface area (Å²) in [5, 5.41) is 3.57. The smallest absolute Gasteiger partial charge is 0.0415 e. The van der Waals surface area contributed by atoms with Gasteiger partial charge in [-0.25, -0.2) is 0 Å². The third-order valence-corrected chi connectivity index (χ3v) is 4.79. The monoisotopic (exact) mass is 349 g/mol. The van der Waals surface area contributed by atoms with E-state index in [1.54, 1.807) is 0 Å². The van der Waals surface area contributed by atoms with E-state index in [-0.39, 0.29) is 0 Å². The van der Waals surface area contributed by atoms with Gasteiger partial charge in [0.1, 0.15) is 0 Å². The lowest BCUT2D eigenvalue weighted by atomic mass is 10.1.